The van der Waals surface area contributed by atoms with Crippen LogP contribution in [0.2, 0.25) is 0 Å². The molecule has 1 heterocycles. The van der Waals surface area contributed by atoms with Gasteiger partial charge in [-0.25, -0.2) is 0 Å². The Morgan fingerprint density at radius 2 is 2.19 bits per heavy atom. The fourth-order valence-corrected chi connectivity index (χ4v) is 1.52. The van der Waals surface area contributed by atoms with Crippen molar-refractivity contribution in [3.8, 4) is 5.75 Å². The van der Waals surface area contributed by atoms with Crippen LogP contribution in [0.15, 0.2) is 42.7 Å². The second-order valence-corrected chi connectivity index (χ2v) is 3.73. The fourth-order valence-electron chi connectivity index (χ4n) is 1.52. The van der Waals surface area contributed by atoms with Gasteiger partial charge in [0, 0.05) is 24.5 Å². The van der Waals surface area contributed by atoms with Crippen LogP contribution < -0.4 is 5.32 Å². The normalized spacial score (nSPS) is 10.1. The maximum Gasteiger partial charge on any atom is 0.120 e. The van der Waals surface area contributed by atoms with Gasteiger partial charge in [0.15, 0.2) is 0 Å². The average Bonchev–Trinajstić information content (AvgIpc) is 2.32. The molecule has 0 spiro atoms. The van der Waals surface area contributed by atoms with Crippen LogP contribution in [0.4, 0.5) is 5.69 Å². The Morgan fingerprint density at radius 1 is 1.31 bits per heavy atom. The molecule has 1 aromatic heterocycles. The van der Waals surface area contributed by atoms with E-state index in [2.05, 4.69) is 10.3 Å². The number of benzene rings is 1. The largest absolute Gasteiger partial charge is 0.508 e. The van der Waals surface area contributed by atoms with E-state index in [0.717, 1.165) is 16.8 Å². The first-order chi connectivity index (χ1) is 7.75. The lowest BCUT2D eigenvalue weighted by atomic mass is 10.1. The first-order valence-electron chi connectivity index (χ1n) is 5.18. The molecule has 0 aliphatic heterocycles. The lowest BCUT2D eigenvalue weighted by molar-refractivity contribution is 0.469. The molecule has 16 heavy (non-hydrogen) atoms. The third kappa shape index (κ3) is 2.51. The van der Waals surface area contributed by atoms with Crippen molar-refractivity contribution in [2.75, 3.05) is 5.32 Å². The molecule has 2 aromatic rings. The van der Waals surface area contributed by atoms with Crippen LogP contribution in [0.1, 0.15) is 11.1 Å². The lowest BCUT2D eigenvalue weighted by Gasteiger charge is -2.08. The van der Waals surface area contributed by atoms with Gasteiger partial charge in [0.1, 0.15) is 5.75 Å². The molecule has 0 atom stereocenters. The smallest absolute Gasteiger partial charge is 0.120 e. The zero-order valence-corrected chi connectivity index (χ0v) is 9.14. The Bertz CT molecular complexity index is 469. The Morgan fingerprint density at radius 3 is 2.94 bits per heavy atom. The molecule has 3 heteroatoms. The van der Waals surface area contributed by atoms with E-state index in [1.165, 1.54) is 0 Å². The number of anilines is 1. The minimum Gasteiger partial charge on any atom is -0.508 e. The van der Waals surface area contributed by atoms with E-state index in [0.29, 0.717) is 12.3 Å². The van der Waals surface area contributed by atoms with E-state index in [1.54, 1.807) is 18.5 Å². The quantitative estimate of drug-likeness (QED) is 0.825. The molecule has 0 amide bonds. The van der Waals surface area contributed by atoms with E-state index in [-0.39, 0.29) is 0 Å². The van der Waals surface area contributed by atoms with Gasteiger partial charge in [-0.15, -0.1) is 0 Å². The predicted molar refractivity (Wildman–Crippen MR) is 64.4 cm³/mol. The highest BCUT2D eigenvalue weighted by molar-refractivity contribution is 5.43. The minimum atomic E-state index is 0.321. The molecule has 0 aliphatic rings. The lowest BCUT2D eigenvalue weighted by Crippen LogP contribution is -2.00. The van der Waals surface area contributed by atoms with Gasteiger partial charge in [-0.2, -0.15) is 0 Å². The second-order valence-electron chi connectivity index (χ2n) is 3.73. The van der Waals surface area contributed by atoms with Gasteiger partial charge >= 0.3 is 0 Å². The summed E-state index contributed by atoms with van der Waals surface area (Å²) in [4.78, 5) is 4.01. The third-order valence-electron chi connectivity index (χ3n) is 2.38. The Balaban J connectivity index is 2.08. The van der Waals surface area contributed by atoms with Gasteiger partial charge in [0.25, 0.3) is 0 Å². The average molecular weight is 214 g/mol. The molecule has 3 nitrogen and oxygen atoms in total. The molecule has 2 rings (SSSR count). The number of hydrogen-bond donors (Lipinski definition) is 2. The highest BCUT2D eigenvalue weighted by Gasteiger charge is 2.00. The highest BCUT2D eigenvalue weighted by atomic mass is 16.3. The van der Waals surface area contributed by atoms with Gasteiger partial charge in [-0.1, -0.05) is 17.7 Å². The molecule has 0 aliphatic carbocycles. The van der Waals surface area contributed by atoms with E-state index in [1.807, 2.05) is 31.2 Å². The first kappa shape index (κ1) is 10.5. The minimum absolute atomic E-state index is 0.321. The molecular weight excluding hydrogens is 200 g/mol. The summed E-state index contributed by atoms with van der Waals surface area (Å²) in [6, 6.07) is 9.40. The number of rotatable bonds is 3. The topological polar surface area (TPSA) is 45.1 Å². The first-order valence-corrected chi connectivity index (χ1v) is 5.18. The summed E-state index contributed by atoms with van der Waals surface area (Å²) >= 11 is 0. The number of nitrogens with one attached hydrogen (secondary N) is 1. The van der Waals surface area contributed by atoms with E-state index in [4.69, 9.17) is 0 Å². The van der Waals surface area contributed by atoms with Crippen molar-refractivity contribution in [2.45, 2.75) is 13.5 Å². The molecule has 1 aromatic carbocycles. The summed E-state index contributed by atoms with van der Waals surface area (Å²) in [6.45, 7) is 2.60. The van der Waals surface area contributed by atoms with Gasteiger partial charge in [-0.3, -0.25) is 4.98 Å². The number of nitrogens with zero attached hydrogens (tertiary/aromatic N) is 1. The van der Waals surface area contributed by atoms with Gasteiger partial charge in [0.2, 0.25) is 0 Å². The van der Waals surface area contributed by atoms with Crippen LogP contribution in [0.25, 0.3) is 0 Å². The maximum atomic E-state index is 9.66. The van der Waals surface area contributed by atoms with E-state index in [9.17, 15) is 5.11 Å². The number of pyridine rings is 1. The number of aromatic nitrogens is 1. The van der Waals surface area contributed by atoms with Crippen LogP contribution in [0.3, 0.4) is 0 Å². The Kier molecular flexibility index (Phi) is 3.05. The van der Waals surface area contributed by atoms with Gasteiger partial charge in [-0.05, 0) is 25.1 Å². The SMILES string of the molecule is Cc1ccc(O)c(CNc2cccnc2)c1. The van der Waals surface area contributed by atoms with Crippen molar-refractivity contribution in [3.05, 3.63) is 53.9 Å². The molecule has 82 valence electrons. The van der Waals surface area contributed by atoms with Crippen LogP contribution in [-0.4, -0.2) is 10.1 Å². The third-order valence-corrected chi connectivity index (χ3v) is 2.38. The van der Waals surface area contributed by atoms with Crippen LogP contribution >= 0.6 is 0 Å². The van der Waals surface area contributed by atoms with Crippen LogP contribution in [-0.2, 0) is 6.54 Å². The Labute approximate surface area is 94.8 Å². The number of aromatic hydroxyl groups is 1. The van der Waals surface area contributed by atoms with E-state index >= 15 is 0 Å². The fraction of sp³-hybridized carbons (Fsp3) is 0.154. The highest BCUT2D eigenvalue weighted by Crippen LogP contribution is 2.19. The van der Waals surface area contributed by atoms with Crippen LogP contribution in [0, 0.1) is 6.92 Å². The molecular formula is C13H14N2O. The second kappa shape index (κ2) is 4.66. The van der Waals surface area contributed by atoms with E-state index < -0.39 is 0 Å². The molecule has 0 radical (unpaired) electrons. The number of phenols is 1. The number of phenolic OH excluding ortho intramolecular Hbond substituents is 1. The summed E-state index contributed by atoms with van der Waals surface area (Å²) in [7, 11) is 0. The number of aryl methyl sites for hydroxylation is 1. The Hall–Kier alpha value is -2.03. The molecule has 0 unspecified atom stereocenters. The number of hydrogen-bond acceptors (Lipinski definition) is 3. The van der Waals surface area contributed by atoms with Gasteiger partial charge < -0.3 is 10.4 Å². The van der Waals surface area contributed by atoms with Gasteiger partial charge in [0.05, 0.1) is 5.69 Å². The van der Waals surface area contributed by atoms with Crippen molar-refractivity contribution in [2.24, 2.45) is 0 Å². The molecule has 0 fully saturated rings. The molecule has 0 saturated heterocycles. The standard InChI is InChI=1S/C13H14N2O/c1-10-4-5-13(16)11(7-10)8-15-12-3-2-6-14-9-12/h2-7,9,15-16H,8H2,1H3. The van der Waals surface area contributed by atoms with Crippen molar-refractivity contribution >= 4 is 5.69 Å². The summed E-state index contributed by atoms with van der Waals surface area (Å²) in [5, 5.41) is 12.9. The summed E-state index contributed by atoms with van der Waals surface area (Å²) < 4.78 is 0. The zero-order chi connectivity index (χ0) is 11.4. The monoisotopic (exact) mass is 214 g/mol. The summed E-state index contributed by atoms with van der Waals surface area (Å²) in [5.41, 5.74) is 2.98. The summed E-state index contributed by atoms with van der Waals surface area (Å²) in [5.74, 6) is 0.321. The zero-order valence-electron chi connectivity index (χ0n) is 9.14. The summed E-state index contributed by atoms with van der Waals surface area (Å²) in [6.07, 6.45) is 3.49. The van der Waals surface area contributed by atoms with Crippen molar-refractivity contribution in [3.63, 3.8) is 0 Å². The van der Waals surface area contributed by atoms with Crippen molar-refractivity contribution in [1.29, 1.82) is 0 Å². The maximum absolute atomic E-state index is 9.66. The molecule has 0 saturated carbocycles. The molecule has 0 bridgehead atoms. The van der Waals surface area contributed by atoms with Crippen molar-refractivity contribution < 1.29 is 5.11 Å². The van der Waals surface area contributed by atoms with Crippen molar-refractivity contribution in [1.82, 2.24) is 4.98 Å². The predicted octanol–water partition coefficient (Wildman–Crippen LogP) is 2.71. The van der Waals surface area contributed by atoms with Crippen LogP contribution in [0.5, 0.6) is 5.75 Å². The molecule has 2 N–H and O–H groups in total.